The van der Waals surface area contributed by atoms with E-state index in [1.165, 1.54) is 12.1 Å². The summed E-state index contributed by atoms with van der Waals surface area (Å²) in [6.45, 7) is 11.0. The monoisotopic (exact) mass is 287 g/mol. The van der Waals surface area contributed by atoms with Crippen LogP contribution < -0.4 is 5.32 Å². The molecule has 21 heavy (non-hydrogen) atoms. The van der Waals surface area contributed by atoms with E-state index in [4.69, 9.17) is 0 Å². The molecule has 0 unspecified atom stereocenters. The van der Waals surface area contributed by atoms with Crippen molar-refractivity contribution >= 4 is 5.82 Å². The number of hydrogen-bond donors (Lipinski definition) is 1. The van der Waals surface area contributed by atoms with Crippen LogP contribution in [0.3, 0.4) is 0 Å². The third kappa shape index (κ3) is 3.20. The minimum Gasteiger partial charge on any atom is -0.370 e. The van der Waals surface area contributed by atoms with Gasteiger partial charge in [0.15, 0.2) is 5.82 Å². The number of anilines is 1. The predicted octanol–water partition coefficient (Wildman–Crippen LogP) is 4.45. The van der Waals surface area contributed by atoms with Gasteiger partial charge in [-0.1, -0.05) is 19.9 Å². The van der Waals surface area contributed by atoms with E-state index in [9.17, 15) is 4.39 Å². The van der Waals surface area contributed by atoms with Gasteiger partial charge in [-0.15, -0.1) is 0 Å². The average Bonchev–Trinajstić information content (AvgIpc) is 2.41. The van der Waals surface area contributed by atoms with E-state index < -0.39 is 0 Å². The summed E-state index contributed by atoms with van der Waals surface area (Å²) >= 11 is 0. The number of aryl methyl sites for hydroxylation is 2. The van der Waals surface area contributed by atoms with E-state index >= 15 is 0 Å². The molecule has 1 N–H and O–H groups in total. The molecular weight excluding hydrogens is 265 g/mol. The van der Waals surface area contributed by atoms with E-state index in [2.05, 4.69) is 29.1 Å². The van der Waals surface area contributed by atoms with Crippen molar-refractivity contribution in [2.45, 2.75) is 40.5 Å². The van der Waals surface area contributed by atoms with E-state index in [0.717, 1.165) is 34.7 Å². The molecular formula is C17H22FN3. The van der Waals surface area contributed by atoms with Crippen molar-refractivity contribution in [2.75, 3.05) is 11.9 Å². The maximum Gasteiger partial charge on any atom is 0.162 e. The highest BCUT2D eigenvalue weighted by Gasteiger charge is 2.16. The van der Waals surface area contributed by atoms with Crippen molar-refractivity contribution in [3.05, 3.63) is 40.8 Å². The smallest absolute Gasteiger partial charge is 0.162 e. The molecule has 3 nitrogen and oxygen atoms in total. The van der Waals surface area contributed by atoms with Crippen LogP contribution in [0.25, 0.3) is 11.4 Å². The number of rotatable bonds is 4. The van der Waals surface area contributed by atoms with Crippen LogP contribution >= 0.6 is 0 Å². The first kappa shape index (κ1) is 15.4. The minimum atomic E-state index is -0.269. The number of benzene rings is 1. The van der Waals surface area contributed by atoms with Gasteiger partial charge < -0.3 is 5.32 Å². The fourth-order valence-corrected chi connectivity index (χ4v) is 2.53. The lowest BCUT2D eigenvalue weighted by molar-refractivity contribution is 0.627. The molecule has 1 heterocycles. The summed E-state index contributed by atoms with van der Waals surface area (Å²) in [6, 6.07) is 4.71. The van der Waals surface area contributed by atoms with Gasteiger partial charge in [-0.05, 0) is 44.4 Å². The van der Waals surface area contributed by atoms with Crippen LogP contribution in [0.4, 0.5) is 10.2 Å². The summed E-state index contributed by atoms with van der Waals surface area (Å²) in [7, 11) is 0. The molecule has 4 heteroatoms. The van der Waals surface area contributed by atoms with Crippen molar-refractivity contribution in [2.24, 2.45) is 0 Å². The van der Waals surface area contributed by atoms with Gasteiger partial charge >= 0.3 is 0 Å². The third-order valence-electron chi connectivity index (χ3n) is 3.50. The van der Waals surface area contributed by atoms with E-state index in [1.807, 2.05) is 20.8 Å². The minimum absolute atomic E-state index is 0.269. The lowest BCUT2D eigenvalue weighted by Gasteiger charge is -2.17. The van der Waals surface area contributed by atoms with E-state index in [-0.39, 0.29) is 5.82 Å². The van der Waals surface area contributed by atoms with Gasteiger partial charge in [0.1, 0.15) is 11.6 Å². The highest BCUT2D eigenvalue weighted by atomic mass is 19.1. The molecule has 2 aromatic rings. The molecule has 0 aliphatic carbocycles. The highest BCUT2D eigenvalue weighted by Crippen LogP contribution is 2.29. The Morgan fingerprint density at radius 2 is 1.90 bits per heavy atom. The Kier molecular flexibility index (Phi) is 4.56. The summed E-state index contributed by atoms with van der Waals surface area (Å²) in [5.41, 5.74) is 3.77. The van der Waals surface area contributed by atoms with Crippen LogP contribution in [0, 0.1) is 19.7 Å². The van der Waals surface area contributed by atoms with Gasteiger partial charge in [0.2, 0.25) is 0 Å². The van der Waals surface area contributed by atoms with Gasteiger partial charge in [-0.25, -0.2) is 14.4 Å². The summed E-state index contributed by atoms with van der Waals surface area (Å²) in [5, 5.41) is 3.30. The second kappa shape index (κ2) is 6.20. The van der Waals surface area contributed by atoms with Crippen LogP contribution in [0.15, 0.2) is 18.2 Å². The molecule has 0 spiro atoms. The molecule has 0 radical (unpaired) electrons. The lowest BCUT2D eigenvalue weighted by Crippen LogP contribution is -2.10. The van der Waals surface area contributed by atoms with Crippen molar-refractivity contribution in [3.8, 4) is 11.4 Å². The van der Waals surface area contributed by atoms with Crippen molar-refractivity contribution in [1.29, 1.82) is 0 Å². The number of nitrogens with zero attached hydrogens (tertiary/aromatic N) is 2. The molecule has 0 bridgehead atoms. The van der Waals surface area contributed by atoms with Gasteiger partial charge in [0.05, 0.1) is 0 Å². The van der Waals surface area contributed by atoms with Gasteiger partial charge in [0, 0.05) is 23.4 Å². The van der Waals surface area contributed by atoms with Crippen LogP contribution in [0.1, 0.15) is 43.5 Å². The Morgan fingerprint density at radius 3 is 2.52 bits per heavy atom. The Labute approximate surface area is 125 Å². The molecule has 0 aliphatic heterocycles. The van der Waals surface area contributed by atoms with Gasteiger partial charge in [0.25, 0.3) is 0 Å². The first-order chi connectivity index (χ1) is 9.93. The molecule has 1 aromatic heterocycles. The molecule has 112 valence electrons. The van der Waals surface area contributed by atoms with Crippen molar-refractivity contribution in [1.82, 2.24) is 9.97 Å². The second-order valence-electron chi connectivity index (χ2n) is 5.54. The normalized spacial score (nSPS) is 11.0. The SMILES string of the molecule is CCNc1nc(-c2cc(F)ccc2C)nc(C)c1C(C)C. The largest absolute Gasteiger partial charge is 0.370 e. The van der Waals surface area contributed by atoms with Gasteiger partial charge in [-0.3, -0.25) is 0 Å². The summed E-state index contributed by atoms with van der Waals surface area (Å²) < 4.78 is 13.5. The zero-order valence-corrected chi connectivity index (χ0v) is 13.3. The Balaban J connectivity index is 2.63. The summed E-state index contributed by atoms with van der Waals surface area (Å²) in [6.07, 6.45) is 0. The van der Waals surface area contributed by atoms with Crippen LogP contribution in [-0.4, -0.2) is 16.5 Å². The summed E-state index contributed by atoms with van der Waals surface area (Å²) in [4.78, 5) is 9.22. The van der Waals surface area contributed by atoms with Crippen molar-refractivity contribution in [3.63, 3.8) is 0 Å². The summed E-state index contributed by atoms with van der Waals surface area (Å²) in [5.74, 6) is 1.49. The number of hydrogen-bond acceptors (Lipinski definition) is 3. The van der Waals surface area contributed by atoms with Crippen LogP contribution in [0.2, 0.25) is 0 Å². The van der Waals surface area contributed by atoms with E-state index in [1.54, 1.807) is 6.07 Å². The third-order valence-corrected chi connectivity index (χ3v) is 3.50. The standard InChI is InChI=1S/C17H22FN3/c1-6-19-17-15(10(2)3)12(5)20-16(21-17)14-9-13(18)8-7-11(14)4/h7-10H,6H2,1-5H3,(H,19,20,21). The Bertz CT molecular complexity index is 651. The zero-order valence-electron chi connectivity index (χ0n) is 13.3. The lowest BCUT2D eigenvalue weighted by atomic mass is 10.0. The number of halogens is 1. The molecule has 0 fully saturated rings. The van der Waals surface area contributed by atoms with Gasteiger partial charge in [-0.2, -0.15) is 0 Å². The molecule has 0 amide bonds. The highest BCUT2D eigenvalue weighted by molar-refractivity contribution is 5.63. The molecule has 0 atom stereocenters. The topological polar surface area (TPSA) is 37.8 Å². The molecule has 2 rings (SSSR count). The molecule has 0 saturated heterocycles. The first-order valence-electron chi connectivity index (χ1n) is 7.33. The fourth-order valence-electron chi connectivity index (χ4n) is 2.53. The molecule has 0 aliphatic rings. The molecule has 0 saturated carbocycles. The van der Waals surface area contributed by atoms with Crippen LogP contribution in [-0.2, 0) is 0 Å². The quantitative estimate of drug-likeness (QED) is 0.902. The Morgan fingerprint density at radius 1 is 1.19 bits per heavy atom. The van der Waals surface area contributed by atoms with Crippen LogP contribution in [0.5, 0.6) is 0 Å². The maximum atomic E-state index is 13.5. The second-order valence-corrected chi connectivity index (χ2v) is 5.54. The maximum absolute atomic E-state index is 13.5. The van der Waals surface area contributed by atoms with E-state index in [0.29, 0.717) is 11.7 Å². The first-order valence-corrected chi connectivity index (χ1v) is 7.33. The van der Waals surface area contributed by atoms with Crippen molar-refractivity contribution < 1.29 is 4.39 Å². The molecule has 1 aromatic carbocycles. The number of aromatic nitrogens is 2. The zero-order chi connectivity index (χ0) is 15.6. The Hall–Kier alpha value is -1.97. The number of nitrogens with one attached hydrogen (secondary N) is 1. The average molecular weight is 287 g/mol. The fraction of sp³-hybridized carbons (Fsp3) is 0.412. The predicted molar refractivity (Wildman–Crippen MR) is 85.2 cm³/mol.